The molecule has 3 aromatic carbocycles. The first-order valence-corrected chi connectivity index (χ1v) is 11.6. The summed E-state index contributed by atoms with van der Waals surface area (Å²) in [6.07, 6.45) is 0. The standard InChI is InChI=1S/C26H26ClN5O3/c1-18-7-3-4-8-21(18)25(26(34)28-15-16-35-2)32(20-13-11-19(27)12-14-20)24(33)17-31-23-10-6-5-9-22(23)29-30-31/h3-14,25H,15-17H2,1-2H3,(H,28,34)/t25-/m0/s1. The summed E-state index contributed by atoms with van der Waals surface area (Å²) in [6.45, 7) is 2.48. The van der Waals surface area contributed by atoms with Crippen LogP contribution in [0.5, 0.6) is 0 Å². The number of ether oxygens (including phenoxy) is 1. The summed E-state index contributed by atoms with van der Waals surface area (Å²) in [6, 6.07) is 20.9. The lowest BCUT2D eigenvalue weighted by Gasteiger charge is -2.32. The molecule has 1 N–H and O–H groups in total. The Morgan fingerprint density at radius 3 is 2.51 bits per heavy atom. The third-order valence-corrected chi connectivity index (χ3v) is 5.93. The highest BCUT2D eigenvalue weighted by Gasteiger charge is 2.34. The van der Waals surface area contributed by atoms with Crippen LogP contribution in [0.1, 0.15) is 17.2 Å². The summed E-state index contributed by atoms with van der Waals surface area (Å²) in [7, 11) is 1.57. The van der Waals surface area contributed by atoms with Gasteiger partial charge in [0.05, 0.1) is 12.1 Å². The van der Waals surface area contributed by atoms with Gasteiger partial charge in [-0.1, -0.05) is 53.2 Å². The number of hydrogen-bond acceptors (Lipinski definition) is 5. The molecule has 1 atom stereocenters. The predicted molar refractivity (Wildman–Crippen MR) is 135 cm³/mol. The maximum absolute atomic E-state index is 13.9. The molecular formula is C26H26ClN5O3. The fraction of sp³-hybridized carbons (Fsp3) is 0.231. The molecule has 8 nitrogen and oxygen atoms in total. The van der Waals surface area contributed by atoms with E-state index in [0.717, 1.165) is 11.1 Å². The van der Waals surface area contributed by atoms with Crippen LogP contribution in [0.3, 0.4) is 0 Å². The van der Waals surface area contributed by atoms with Crippen molar-refractivity contribution < 1.29 is 14.3 Å². The van der Waals surface area contributed by atoms with E-state index in [1.807, 2.05) is 55.5 Å². The number of carbonyl (C=O) groups excluding carboxylic acids is 2. The Balaban J connectivity index is 1.78. The Morgan fingerprint density at radius 2 is 1.77 bits per heavy atom. The molecule has 0 saturated carbocycles. The molecule has 0 aliphatic heterocycles. The molecule has 1 aromatic heterocycles. The van der Waals surface area contributed by atoms with E-state index in [4.69, 9.17) is 16.3 Å². The number of anilines is 1. The van der Waals surface area contributed by atoms with Crippen molar-refractivity contribution in [3.63, 3.8) is 0 Å². The topological polar surface area (TPSA) is 89.4 Å². The minimum absolute atomic E-state index is 0.100. The van der Waals surface area contributed by atoms with Crippen molar-refractivity contribution in [3.05, 3.63) is 88.9 Å². The van der Waals surface area contributed by atoms with Gasteiger partial charge in [-0.05, 0) is 54.4 Å². The van der Waals surface area contributed by atoms with E-state index in [1.165, 1.54) is 4.90 Å². The lowest BCUT2D eigenvalue weighted by molar-refractivity contribution is -0.127. The van der Waals surface area contributed by atoms with Gasteiger partial charge >= 0.3 is 0 Å². The molecular weight excluding hydrogens is 466 g/mol. The number of rotatable bonds is 9. The second kappa shape index (κ2) is 11.1. The van der Waals surface area contributed by atoms with Crippen LogP contribution in [0.15, 0.2) is 72.8 Å². The van der Waals surface area contributed by atoms with E-state index in [-0.39, 0.29) is 18.4 Å². The molecule has 0 saturated heterocycles. The van der Waals surface area contributed by atoms with Gasteiger partial charge in [-0.3, -0.25) is 14.5 Å². The maximum atomic E-state index is 13.9. The van der Waals surface area contributed by atoms with E-state index in [2.05, 4.69) is 15.6 Å². The number of halogens is 1. The van der Waals surface area contributed by atoms with E-state index < -0.39 is 6.04 Å². The minimum Gasteiger partial charge on any atom is -0.383 e. The lowest BCUT2D eigenvalue weighted by Crippen LogP contribution is -2.46. The highest BCUT2D eigenvalue weighted by Crippen LogP contribution is 2.31. The van der Waals surface area contributed by atoms with Crippen molar-refractivity contribution in [1.29, 1.82) is 0 Å². The number of methoxy groups -OCH3 is 1. The molecule has 35 heavy (non-hydrogen) atoms. The molecule has 4 rings (SSSR count). The highest BCUT2D eigenvalue weighted by atomic mass is 35.5. The average molecular weight is 492 g/mol. The fourth-order valence-corrected chi connectivity index (χ4v) is 4.07. The zero-order valence-electron chi connectivity index (χ0n) is 19.5. The number of aryl methyl sites for hydroxylation is 1. The normalized spacial score (nSPS) is 11.9. The van der Waals surface area contributed by atoms with Gasteiger partial charge in [0.15, 0.2) is 0 Å². The molecule has 0 aliphatic carbocycles. The number of hydrogen-bond donors (Lipinski definition) is 1. The third-order valence-electron chi connectivity index (χ3n) is 5.67. The number of benzene rings is 3. The summed E-state index contributed by atoms with van der Waals surface area (Å²) in [5, 5.41) is 11.7. The van der Waals surface area contributed by atoms with Gasteiger partial charge in [0.2, 0.25) is 11.8 Å². The molecule has 0 bridgehead atoms. The number of para-hydroxylation sites is 1. The van der Waals surface area contributed by atoms with E-state index in [9.17, 15) is 9.59 Å². The Kier molecular flexibility index (Phi) is 7.74. The predicted octanol–water partition coefficient (Wildman–Crippen LogP) is 3.93. The van der Waals surface area contributed by atoms with Gasteiger partial charge in [-0.15, -0.1) is 5.10 Å². The molecule has 0 spiro atoms. The van der Waals surface area contributed by atoms with Gasteiger partial charge in [-0.25, -0.2) is 4.68 Å². The first-order valence-electron chi connectivity index (χ1n) is 11.2. The molecule has 4 aromatic rings. The Hall–Kier alpha value is -3.75. The molecule has 180 valence electrons. The number of fused-ring (bicyclic) bond motifs is 1. The van der Waals surface area contributed by atoms with Gasteiger partial charge in [-0.2, -0.15) is 0 Å². The van der Waals surface area contributed by atoms with Crippen LogP contribution in [0, 0.1) is 6.92 Å². The van der Waals surface area contributed by atoms with Crippen molar-refractivity contribution in [1.82, 2.24) is 20.3 Å². The van der Waals surface area contributed by atoms with Crippen molar-refractivity contribution in [3.8, 4) is 0 Å². The number of amides is 2. The number of nitrogens with one attached hydrogen (secondary N) is 1. The van der Waals surface area contributed by atoms with Crippen LogP contribution in [-0.4, -0.2) is 47.1 Å². The SMILES string of the molecule is COCCNC(=O)[C@H](c1ccccc1C)N(C(=O)Cn1nnc2ccccc21)c1ccc(Cl)cc1. The lowest BCUT2D eigenvalue weighted by atomic mass is 9.98. The Labute approximate surface area is 208 Å². The van der Waals surface area contributed by atoms with Crippen molar-refractivity contribution >= 4 is 40.1 Å². The molecule has 0 radical (unpaired) electrons. The summed E-state index contributed by atoms with van der Waals surface area (Å²) in [5.41, 5.74) is 3.56. The molecule has 0 unspecified atom stereocenters. The number of aromatic nitrogens is 3. The van der Waals surface area contributed by atoms with E-state index in [1.54, 1.807) is 36.1 Å². The summed E-state index contributed by atoms with van der Waals surface area (Å²) >= 11 is 6.13. The first kappa shape index (κ1) is 24.4. The second-order valence-corrected chi connectivity index (χ2v) is 8.46. The van der Waals surface area contributed by atoms with Crippen LogP contribution in [0.25, 0.3) is 11.0 Å². The van der Waals surface area contributed by atoms with Gasteiger partial charge in [0.25, 0.3) is 0 Å². The summed E-state index contributed by atoms with van der Waals surface area (Å²) in [4.78, 5) is 28.9. The first-order chi connectivity index (χ1) is 17.0. The third kappa shape index (κ3) is 5.50. The molecule has 0 fully saturated rings. The average Bonchev–Trinajstić information content (AvgIpc) is 3.26. The Morgan fingerprint density at radius 1 is 1.06 bits per heavy atom. The van der Waals surface area contributed by atoms with E-state index in [0.29, 0.717) is 34.9 Å². The van der Waals surface area contributed by atoms with Crippen molar-refractivity contribution in [2.75, 3.05) is 25.2 Å². The van der Waals surface area contributed by atoms with Crippen LogP contribution in [0.2, 0.25) is 5.02 Å². The highest BCUT2D eigenvalue weighted by molar-refractivity contribution is 6.30. The molecule has 1 heterocycles. The van der Waals surface area contributed by atoms with Gasteiger partial charge < -0.3 is 10.1 Å². The number of carbonyl (C=O) groups is 2. The molecule has 2 amide bonds. The smallest absolute Gasteiger partial charge is 0.249 e. The molecule has 0 aliphatic rings. The van der Waals surface area contributed by atoms with Crippen molar-refractivity contribution in [2.45, 2.75) is 19.5 Å². The van der Waals surface area contributed by atoms with Crippen LogP contribution >= 0.6 is 11.6 Å². The summed E-state index contributed by atoms with van der Waals surface area (Å²) < 4.78 is 6.63. The van der Waals surface area contributed by atoms with Gasteiger partial charge in [0, 0.05) is 24.4 Å². The zero-order chi connectivity index (χ0) is 24.8. The zero-order valence-corrected chi connectivity index (χ0v) is 20.3. The monoisotopic (exact) mass is 491 g/mol. The second-order valence-electron chi connectivity index (χ2n) is 8.02. The maximum Gasteiger partial charge on any atom is 0.249 e. The van der Waals surface area contributed by atoms with Gasteiger partial charge in [0.1, 0.15) is 18.1 Å². The van der Waals surface area contributed by atoms with Crippen LogP contribution in [0.4, 0.5) is 5.69 Å². The van der Waals surface area contributed by atoms with Crippen LogP contribution < -0.4 is 10.2 Å². The van der Waals surface area contributed by atoms with Crippen LogP contribution in [-0.2, 0) is 20.9 Å². The fourth-order valence-electron chi connectivity index (χ4n) is 3.94. The largest absolute Gasteiger partial charge is 0.383 e. The quantitative estimate of drug-likeness (QED) is 0.358. The minimum atomic E-state index is -0.920. The number of nitrogens with zero attached hydrogens (tertiary/aromatic N) is 4. The van der Waals surface area contributed by atoms with Crippen molar-refractivity contribution in [2.24, 2.45) is 0 Å². The Bertz CT molecular complexity index is 1320. The molecule has 9 heteroatoms. The van der Waals surface area contributed by atoms with E-state index >= 15 is 0 Å². The summed E-state index contributed by atoms with van der Waals surface area (Å²) in [5.74, 6) is -0.638.